The van der Waals surface area contributed by atoms with Gasteiger partial charge in [0.15, 0.2) is 10.8 Å². The zero-order chi connectivity index (χ0) is 20.5. The number of carbonyl (C=O) groups is 2. The van der Waals surface area contributed by atoms with Crippen molar-refractivity contribution in [2.45, 2.75) is 6.54 Å². The third-order valence-corrected chi connectivity index (χ3v) is 5.31. The van der Waals surface area contributed by atoms with Crippen molar-refractivity contribution >= 4 is 51.3 Å². The van der Waals surface area contributed by atoms with Crippen molar-refractivity contribution in [2.24, 2.45) is 4.99 Å². The Hall–Kier alpha value is -3.47. The van der Waals surface area contributed by atoms with Gasteiger partial charge >= 0.3 is 0 Å². The molecule has 0 radical (unpaired) electrons. The summed E-state index contributed by atoms with van der Waals surface area (Å²) < 4.78 is 0. The van der Waals surface area contributed by atoms with Crippen LogP contribution in [0.1, 0.15) is 20.9 Å². The lowest BCUT2D eigenvalue weighted by atomic mass is 10.2. The van der Waals surface area contributed by atoms with Crippen LogP contribution in [0.4, 0.5) is 11.6 Å². The Kier molecular flexibility index (Phi) is 4.89. The largest absolute Gasteiger partial charge is 0.347 e. The molecule has 11 heteroatoms. The van der Waals surface area contributed by atoms with E-state index in [0.717, 1.165) is 22.5 Å². The third-order valence-electron chi connectivity index (χ3n) is 4.36. The maximum atomic E-state index is 12.7. The van der Waals surface area contributed by atoms with E-state index >= 15 is 0 Å². The summed E-state index contributed by atoms with van der Waals surface area (Å²) >= 11 is 1.15. The second-order valence-electron chi connectivity index (χ2n) is 6.71. The standard InChI is InChI=1S/C18H18N8O2S/c1-25(2)13(27)8-26(3)18(28)17-24-14-15(21-9-22-16(14)29-17)23-12-4-10-5-19-6-11(10)7-20-12/h4-5,7,9H,6,8H2,1-3H3,(H,20,21,22,23). The van der Waals surface area contributed by atoms with Crippen LogP contribution in [0, 0.1) is 0 Å². The monoisotopic (exact) mass is 410 g/mol. The summed E-state index contributed by atoms with van der Waals surface area (Å²) in [4.78, 5) is 49.4. The first-order valence-electron chi connectivity index (χ1n) is 8.75. The van der Waals surface area contributed by atoms with Gasteiger partial charge in [0, 0.05) is 44.7 Å². The fourth-order valence-electron chi connectivity index (χ4n) is 2.70. The molecule has 1 aliphatic rings. The lowest BCUT2D eigenvalue weighted by molar-refractivity contribution is -0.129. The number of likely N-dealkylation sites (N-methyl/N-ethyl adjacent to an activating group) is 2. The van der Waals surface area contributed by atoms with Crippen molar-refractivity contribution in [1.82, 2.24) is 29.7 Å². The smallest absolute Gasteiger partial charge is 0.283 e. The topological polar surface area (TPSA) is 117 Å². The van der Waals surface area contributed by atoms with Crippen LogP contribution in [0.15, 0.2) is 23.6 Å². The van der Waals surface area contributed by atoms with Crippen LogP contribution in [0.3, 0.4) is 0 Å². The minimum absolute atomic E-state index is 0.0286. The fraction of sp³-hybridized carbons (Fsp3) is 0.278. The average Bonchev–Trinajstić information content (AvgIpc) is 3.34. The van der Waals surface area contributed by atoms with Gasteiger partial charge in [0.05, 0.1) is 13.1 Å². The highest BCUT2D eigenvalue weighted by molar-refractivity contribution is 7.19. The molecule has 0 spiro atoms. The first-order chi connectivity index (χ1) is 13.9. The van der Waals surface area contributed by atoms with E-state index in [2.05, 4.69) is 30.2 Å². The molecule has 0 bridgehead atoms. The van der Waals surface area contributed by atoms with Gasteiger partial charge in [-0.1, -0.05) is 11.3 Å². The summed E-state index contributed by atoms with van der Waals surface area (Å²) in [5.41, 5.74) is 2.55. The predicted molar refractivity (Wildman–Crippen MR) is 110 cm³/mol. The molecule has 0 aliphatic carbocycles. The number of pyridine rings is 1. The average molecular weight is 410 g/mol. The van der Waals surface area contributed by atoms with E-state index in [-0.39, 0.29) is 23.4 Å². The van der Waals surface area contributed by atoms with Crippen LogP contribution in [-0.2, 0) is 11.3 Å². The van der Waals surface area contributed by atoms with Gasteiger partial charge in [-0.3, -0.25) is 14.6 Å². The Balaban J connectivity index is 1.59. The van der Waals surface area contributed by atoms with Crippen LogP contribution >= 0.6 is 11.3 Å². The molecule has 2 amide bonds. The Bertz CT molecular complexity index is 1140. The number of carbonyl (C=O) groups excluding carboxylic acids is 2. The predicted octanol–water partition coefficient (Wildman–Crippen LogP) is 1.32. The van der Waals surface area contributed by atoms with Crippen molar-refractivity contribution in [1.29, 1.82) is 0 Å². The number of rotatable bonds is 5. The molecule has 0 aromatic carbocycles. The number of aliphatic imine (C=N–C) groups is 1. The highest BCUT2D eigenvalue weighted by Crippen LogP contribution is 2.27. The molecule has 0 unspecified atom stereocenters. The number of fused-ring (bicyclic) bond motifs is 2. The van der Waals surface area contributed by atoms with Crippen molar-refractivity contribution in [3.8, 4) is 0 Å². The van der Waals surface area contributed by atoms with E-state index in [0.29, 0.717) is 28.5 Å². The number of nitrogens with one attached hydrogen (secondary N) is 1. The summed E-state index contributed by atoms with van der Waals surface area (Å²) in [6.45, 7) is 0.612. The number of aromatic nitrogens is 4. The van der Waals surface area contributed by atoms with Gasteiger partial charge in [0.2, 0.25) is 5.91 Å². The van der Waals surface area contributed by atoms with Gasteiger partial charge in [-0.2, -0.15) is 0 Å². The number of anilines is 2. The van der Waals surface area contributed by atoms with Crippen LogP contribution < -0.4 is 5.32 Å². The quantitative estimate of drug-likeness (QED) is 0.674. The normalized spacial score (nSPS) is 12.1. The fourth-order valence-corrected chi connectivity index (χ4v) is 3.60. The molecule has 3 aromatic heterocycles. The zero-order valence-electron chi connectivity index (χ0n) is 16.1. The number of amides is 2. The van der Waals surface area contributed by atoms with E-state index in [1.54, 1.807) is 27.3 Å². The van der Waals surface area contributed by atoms with Crippen LogP contribution in [-0.4, -0.2) is 75.5 Å². The third kappa shape index (κ3) is 3.76. The molecule has 0 atom stereocenters. The lowest BCUT2D eigenvalue weighted by Gasteiger charge is -2.17. The zero-order valence-corrected chi connectivity index (χ0v) is 16.9. The minimum Gasteiger partial charge on any atom is -0.347 e. The number of hydrogen-bond acceptors (Lipinski definition) is 9. The van der Waals surface area contributed by atoms with Crippen molar-refractivity contribution in [3.63, 3.8) is 0 Å². The Morgan fingerprint density at radius 1 is 1.21 bits per heavy atom. The molecule has 0 fully saturated rings. The molecule has 4 heterocycles. The van der Waals surface area contributed by atoms with Crippen LogP contribution in [0.2, 0.25) is 0 Å². The van der Waals surface area contributed by atoms with E-state index in [4.69, 9.17) is 0 Å². The van der Waals surface area contributed by atoms with Crippen molar-refractivity contribution in [3.05, 3.63) is 34.7 Å². The lowest BCUT2D eigenvalue weighted by Crippen LogP contribution is -2.37. The van der Waals surface area contributed by atoms with E-state index in [1.165, 1.54) is 16.1 Å². The first kappa shape index (κ1) is 18.9. The molecule has 0 saturated heterocycles. The van der Waals surface area contributed by atoms with Gasteiger partial charge in [0.25, 0.3) is 5.91 Å². The molecular formula is C18H18N8O2S. The summed E-state index contributed by atoms with van der Waals surface area (Å²) in [7, 11) is 4.85. The summed E-state index contributed by atoms with van der Waals surface area (Å²) in [6, 6.07) is 1.89. The second-order valence-corrected chi connectivity index (χ2v) is 7.69. The van der Waals surface area contributed by atoms with Crippen molar-refractivity contribution < 1.29 is 9.59 Å². The van der Waals surface area contributed by atoms with Crippen LogP contribution in [0.5, 0.6) is 0 Å². The Morgan fingerprint density at radius 3 is 2.83 bits per heavy atom. The number of hydrogen-bond donors (Lipinski definition) is 1. The van der Waals surface area contributed by atoms with Gasteiger partial charge in [0.1, 0.15) is 22.5 Å². The molecule has 148 valence electrons. The summed E-state index contributed by atoms with van der Waals surface area (Å²) in [5.74, 6) is 0.544. The number of thiazole rings is 1. The van der Waals surface area contributed by atoms with E-state index in [9.17, 15) is 9.59 Å². The molecule has 1 aliphatic heterocycles. The molecule has 3 aromatic rings. The highest BCUT2D eigenvalue weighted by atomic mass is 32.1. The van der Waals surface area contributed by atoms with E-state index in [1.807, 2.05) is 12.3 Å². The Labute approximate surface area is 170 Å². The Morgan fingerprint density at radius 2 is 2.03 bits per heavy atom. The van der Waals surface area contributed by atoms with Gasteiger partial charge < -0.3 is 15.1 Å². The van der Waals surface area contributed by atoms with Gasteiger partial charge in [-0.25, -0.2) is 19.9 Å². The molecule has 0 saturated carbocycles. The molecule has 4 rings (SSSR count). The van der Waals surface area contributed by atoms with Crippen LogP contribution in [0.25, 0.3) is 10.3 Å². The second kappa shape index (κ2) is 7.51. The molecule has 1 N–H and O–H groups in total. The minimum atomic E-state index is -0.346. The summed E-state index contributed by atoms with van der Waals surface area (Å²) in [6.07, 6.45) is 4.99. The summed E-state index contributed by atoms with van der Waals surface area (Å²) in [5, 5.41) is 3.38. The number of nitrogens with zero attached hydrogens (tertiary/aromatic N) is 7. The van der Waals surface area contributed by atoms with Crippen molar-refractivity contribution in [2.75, 3.05) is 33.0 Å². The van der Waals surface area contributed by atoms with Gasteiger partial charge in [-0.05, 0) is 6.07 Å². The van der Waals surface area contributed by atoms with Gasteiger partial charge in [-0.15, -0.1) is 0 Å². The SMILES string of the molecule is CN(C)C(=O)CN(C)C(=O)c1nc2c(Nc3cc4c(cn3)CN=C4)ncnc2s1. The van der Waals surface area contributed by atoms with E-state index < -0.39 is 0 Å². The highest BCUT2D eigenvalue weighted by Gasteiger charge is 2.21. The maximum Gasteiger partial charge on any atom is 0.283 e. The maximum absolute atomic E-state index is 12.7. The molecule has 29 heavy (non-hydrogen) atoms. The molecule has 10 nitrogen and oxygen atoms in total. The first-order valence-corrected chi connectivity index (χ1v) is 9.57. The molecular weight excluding hydrogens is 392 g/mol.